The Labute approximate surface area is 130 Å². The number of rotatable bonds is 1. The van der Waals surface area contributed by atoms with E-state index in [0.29, 0.717) is 23.8 Å². The van der Waals surface area contributed by atoms with Gasteiger partial charge in [0.25, 0.3) is 0 Å². The molecule has 0 amide bonds. The maximum Gasteiger partial charge on any atom is 0.196 e. The van der Waals surface area contributed by atoms with E-state index in [2.05, 4.69) is 24.1 Å². The second-order valence-electron chi connectivity index (χ2n) is 7.36. The second-order valence-corrected chi connectivity index (χ2v) is 7.36. The molecule has 22 heavy (non-hydrogen) atoms. The van der Waals surface area contributed by atoms with Crippen molar-refractivity contribution in [2.45, 2.75) is 25.0 Å². The number of nitrogens with zero attached hydrogens (tertiary/aromatic N) is 1. The van der Waals surface area contributed by atoms with Gasteiger partial charge in [0.2, 0.25) is 0 Å². The van der Waals surface area contributed by atoms with Crippen LogP contribution in [0.3, 0.4) is 0 Å². The number of ether oxygens (including phenoxy) is 2. The largest absolute Gasteiger partial charge is 0.493 e. The fourth-order valence-corrected chi connectivity index (χ4v) is 5.83. The van der Waals surface area contributed by atoms with Gasteiger partial charge in [-0.2, -0.15) is 0 Å². The van der Waals surface area contributed by atoms with Crippen LogP contribution in [-0.4, -0.2) is 43.5 Å². The summed E-state index contributed by atoms with van der Waals surface area (Å²) in [6.07, 6.45) is 10.1. The van der Waals surface area contributed by atoms with E-state index < -0.39 is 0 Å². The second kappa shape index (κ2) is 4.05. The number of ketones is 1. The molecule has 2 saturated heterocycles. The van der Waals surface area contributed by atoms with Gasteiger partial charge >= 0.3 is 0 Å². The van der Waals surface area contributed by atoms with E-state index in [9.17, 15) is 4.79 Å². The van der Waals surface area contributed by atoms with Crippen LogP contribution in [0.1, 0.15) is 12.8 Å². The van der Waals surface area contributed by atoms with Crippen LogP contribution in [0, 0.1) is 23.2 Å². The molecule has 0 N–H and O–H groups in total. The summed E-state index contributed by atoms with van der Waals surface area (Å²) in [5.41, 5.74) is -0.0597. The standard InChI is InChI=1S/C18H21NO3/c1-19-8-7-18-11-4-5-13(20)17(18)22-16-14(21-2)6-3-10(15(16)18)9-12(11)19/h3-6,10-12,15,17H,7-9H2,1-2H3/t10?,11-,12-,15?,17+,18-/m1/s1. The molecular weight excluding hydrogens is 278 g/mol. The Morgan fingerprint density at radius 2 is 2.23 bits per heavy atom. The minimum Gasteiger partial charge on any atom is -0.493 e. The van der Waals surface area contributed by atoms with Gasteiger partial charge in [-0.3, -0.25) is 4.79 Å². The van der Waals surface area contributed by atoms with Crippen LogP contribution < -0.4 is 0 Å². The molecule has 0 aromatic carbocycles. The van der Waals surface area contributed by atoms with Gasteiger partial charge in [-0.25, -0.2) is 0 Å². The van der Waals surface area contributed by atoms with Crippen LogP contribution in [0.25, 0.3) is 0 Å². The van der Waals surface area contributed by atoms with Crippen LogP contribution in [0.2, 0.25) is 0 Å². The summed E-state index contributed by atoms with van der Waals surface area (Å²) in [6, 6.07) is 0.513. The molecule has 2 bridgehead atoms. The lowest BCUT2D eigenvalue weighted by Crippen LogP contribution is -2.64. The van der Waals surface area contributed by atoms with Crippen molar-refractivity contribution in [3.63, 3.8) is 0 Å². The minimum atomic E-state index is -0.313. The van der Waals surface area contributed by atoms with Gasteiger partial charge in [0.15, 0.2) is 17.6 Å². The average molecular weight is 299 g/mol. The topological polar surface area (TPSA) is 38.8 Å². The Balaban J connectivity index is 1.75. The SMILES string of the molecule is COC1=C2O[C@H]3C(=O)C=C[C@@H]4[C@H]5CC(C=C1)C2[C@@]43CCN5C. The summed E-state index contributed by atoms with van der Waals surface area (Å²) in [6.45, 7) is 1.05. The Hall–Kier alpha value is -1.55. The maximum atomic E-state index is 12.6. The highest BCUT2D eigenvalue weighted by Crippen LogP contribution is 2.66. The summed E-state index contributed by atoms with van der Waals surface area (Å²) in [7, 11) is 3.91. The summed E-state index contributed by atoms with van der Waals surface area (Å²) in [4.78, 5) is 15.0. The summed E-state index contributed by atoms with van der Waals surface area (Å²) < 4.78 is 11.8. The van der Waals surface area contributed by atoms with E-state index in [0.717, 1.165) is 30.9 Å². The first-order valence-corrected chi connectivity index (χ1v) is 8.22. The summed E-state index contributed by atoms with van der Waals surface area (Å²) in [5, 5.41) is 0. The molecule has 0 aromatic heterocycles. The lowest BCUT2D eigenvalue weighted by Gasteiger charge is -2.59. The molecule has 2 unspecified atom stereocenters. The molecule has 2 heterocycles. The third kappa shape index (κ3) is 1.27. The average Bonchev–Trinajstić information content (AvgIpc) is 2.88. The molecule has 6 atom stereocenters. The van der Waals surface area contributed by atoms with Crippen molar-refractivity contribution in [2.75, 3.05) is 20.7 Å². The number of methoxy groups -OCH3 is 1. The Kier molecular flexibility index (Phi) is 2.38. The van der Waals surface area contributed by atoms with Crippen molar-refractivity contribution in [3.8, 4) is 0 Å². The van der Waals surface area contributed by atoms with Crippen LogP contribution in [0.5, 0.6) is 0 Å². The minimum absolute atomic E-state index is 0.0597. The first kappa shape index (κ1) is 12.9. The van der Waals surface area contributed by atoms with Crippen molar-refractivity contribution in [1.29, 1.82) is 0 Å². The molecule has 2 aliphatic heterocycles. The Morgan fingerprint density at radius 3 is 3.05 bits per heavy atom. The van der Waals surface area contributed by atoms with E-state index in [4.69, 9.17) is 9.47 Å². The molecular formula is C18H21NO3. The molecule has 1 saturated carbocycles. The molecule has 0 radical (unpaired) electrons. The maximum absolute atomic E-state index is 12.6. The molecule has 3 fully saturated rings. The van der Waals surface area contributed by atoms with Gasteiger partial charge < -0.3 is 14.4 Å². The smallest absolute Gasteiger partial charge is 0.196 e. The highest BCUT2D eigenvalue weighted by atomic mass is 16.5. The highest BCUT2D eigenvalue weighted by molar-refractivity contribution is 5.96. The van der Waals surface area contributed by atoms with Gasteiger partial charge in [0.1, 0.15) is 5.76 Å². The number of piperidine rings is 1. The van der Waals surface area contributed by atoms with Gasteiger partial charge in [-0.05, 0) is 44.5 Å². The fraction of sp³-hybridized carbons (Fsp3) is 0.611. The third-order valence-electron chi connectivity index (χ3n) is 6.72. The monoisotopic (exact) mass is 299 g/mol. The zero-order valence-corrected chi connectivity index (χ0v) is 13.0. The van der Waals surface area contributed by atoms with Gasteiger partial charge in [0, 0.05) is 23.3 Å². The molecule has 1 spiro atoms. The van der Waals surface area contributed by atoms with Crippen LogP contribution in [-0.2, 0) is 14.3 Å². The van der Waals surface area contributed by atoms with Crippen molar-refractivity contribution < 1.29 is 14.3 Å². The fourth-order valence-electron chi connectivity index (χ4n) is 5.83. The van der Waals surface area contributed by atoms with Gasteiger partial charge in [-0.1, -0.05) is 12.2 Å². The van der Waals surface area contributed by atoms with Crippen molar-refractivity contribution >= 4 is 5.78 Å². The van der Waals surface area contributed by atoms with Crippen molar-refractivity contribution in [3.05, 3.63) is 35.8 Å². The molecule has 5 rings (SSSR count). The first-order valence-electron chi connectivity index (χ1n) is 8.22. The number of carbonyl (C=O) groups excluding carboxylic acids is 1. The predicted molar refractivity (Wildman–Crippen MR) is 80.8 cm³/mol. The molecule has 4 nitrogen and oxygen atoms in total. The third-order valence-corrected chi connectivity index (χ3v) is 6.72. The van der Waals surface area contributed by atoms with Gasteiger partial charge in [0.05, 0.1) is 7.11 Å². The van der Waals surface area contributed by atoms with Crippen LogP contribution >= 0.6 is 0 Å². The van der Waals surface area contributed by atoms with E-state index in [-0.39, 0.29) is 17.3 Å². The van der Waals surface area contributed by atoms with Crippen LogP contribution in [0.15, 0.2) is 35.8 Å². The van der Waals surface area contributed by atoms with E-state index in [1.165, 1.54) is 0 Å². The summed E-state index contributed by atoms with van der Waals surface area (Å²) >= 11 is 0. The van der Waals surface area contributed by atoms with Crippen molar-refractivity contribution in [1.82, 2.24) is 4.90 Å². The van der Waals surface area contributed by atoms with E-state index in [1.807, 2.05) is 6.08 Å². The van der Waals surface area contributed by atoms with E-state index >= 15 is 0 Å². The molecule has 4 heteroatoms. The quantitative estimate of drug-likeness (QED) is 0.741. The number of hydrogen-bond donors (Lipinski definition) is 0. The molecule has 5 aliphatic rings. The predicted octanol–water partition coefficient (Wildman–Crippen LogP) is 1.89. The molecule has 3 aliphatic carbocycles. The van der Waals surface area contributed by atoms with E-state index in [1.54, 1.807) is 13.2 Å². The highest BCUT2D eigenvalue weighted by Gasteiger charge is 2.69. The van der Waals surface area contributed by atoms with Gasteiger partial charge in [-0.15, -0.1) is 0 Å². The first-order chi connectivity index (χ1) is 10.7. The lowest BCUT2D eigenvalue weighted by molar-refractivity contribution is -0.140. The lowest BCUT2D eigenvalue weighted by atomic mass is 9.48. The zero-order chi connectivity index (χ0) is 15.1. The normalized spacial score (nSPS) is 48.3. The Bertz CT molecular complexity index is 649. The Morgan fingerprint density at radius 1 is 1.36 bits per heavy atom. The van der Waals surface area contributed by atoms with Crippen molar-refractivity contribution in [2.24, 2.45) is 23.2 Å². The number of carbonyl (C=O) groups is 1. The number of allylic oxidation sites excluding steroid dienone is 3. The number of likely N-dealkylation sites (tertiary alicyclic amines) is 1. The molecule has 0 aromatic rings. The molecule has 116 valence electrons. The number of hydrogen-bond acceptors (Lipinski definition) is 4. The summed E-state index contributed by atoms with van der Waals surface area (Å²) in [5.74, 6) is 3.07. The zero-order valence-electron chi connectivity index (χ0n) is 13.0. The van der Waals surface area contributed by atoms with Crippen LogP contribution in [0.4, 0.5) is 0 Å².